The Bertz CT molecular complexity index is 751. The Balaban J connectivity index is 2.03. The van der Waals surface area contributed by atoms with Crippen LogP contribution in [0, 0.1) is 0 Å². The quantitative estimate of drug-likeness (QED) is 0.746. The molecule has 5 heteroatoms. The fourth-order valence-corrected chi connectivity index (χ4v) is 3.10. The summed E-state index contributed by atoms with van der Waals surface area (Å²) in [6.07, 6.45) is 1.64. The molecule has 0 amide bonds. The molecule has 2 aromatic heterocycles. The number of nitrogen functional groups attached to an aromatic ring is 1. The SMILES string of the molecule is CC(C)N(Cc1ccccc1N)c1ncnc2sccc12. The van der Waals surface area contributed by atoms with Gasteiger partial charge in [-0.1, -0.05) is 18.2 Å². The lowest BCUT2D eigenvalue weighted by Gasteiger charge is -2.28. The molecule has 108 valence electrons. The van der Waals surface area contributed by atoms with Crippen LogP contribution in [0.1, 0.15) is 19.4 Å². The van der Waals surface area contributed by atoms with Gasteiger partial charge in [0.15, 0.2) is 0 Å². The van der Waals surface area contributed by atoms with Gasteiger partial charge in [0, 0.05) is 18.3 Å². The molecule has 0 radical (unpaired) electrons. The van der Waals surface area contributed by atoms with Crippen molar-refractivity contribution in [1.82, 2.24) is 9.97 Å². The van der Waals surface area contributed by atoms with Crippen LogP contribution in [0.3, 0.4) is 0 Å². The lowest BCUT2D eigenvalue weighted by Crippen LogP contribution is -2.31. The van der Waals surface area contributed by atoms with E-state index in [1.807, 2.05) is 18.2 Å². The highest BCUT2D eigenvalue weighted by molar-refractivity contribution is 7.16. The summed E-state index contributed by atoms with van der Waals surface area (Å²) in [4.78, 5) is 12.1. The van der Waals surface area contributed by atoms with Gasteiger partial charge in [0.2, 0.25) is 0 Å². The molecule has 0 aliphatic carbocycles. The summed E-state index contributed by atoms with van der Waals surface area (Å²) in [7, 11) is 0. The molecule has 0 aliphatic heterocycles. The highest BCUT2D eigenvalue weighted by atomic mass is 32.1. The Labute approximate surface area is 128 Å². The summed E-state index contributed by atoms with van der Waals surface area (Å²) in [5.41, 5.74) is 8.02. The van der Waals surface area contributed by atoms with Crippen molar-refractivity contribution >= 4 is 33.1 Å². The maximum absolute atomic E-state index is 6.08. The second kappa shape index (κ2) is 5.69. The largest absolute Gasteiger partial charge is 0.398 e. The van der Waals surface area contributed by atoms with Gasteiger partial charge in [0.05, 0.1) is 5.39 Å². The number of benzene rings is 1. The number of thiophene rings is 1. The number of nitrogens with two attached hydrogens (primary N) is 1. The molecule has 4 nitrogen and oxygen atoms in total. The summed E-state index contributed by atoms with van der Waals surface area (Å²) < 4.78 is 0. The zero-order chi connectivity index (χ0) is 14.8. The third kappa shape index (κ3) is 2.69. The Hall–Kier alpha value is -2.14. The third-order valence-corrected chi connectivity index (χ3v) is 4.35. The first-order chi connectivity index (χ1) is 10.2. The summed E-state index contributed by atoms with van der Waals surface area (Å²) in [6, 6.07) is 10.4. The number of aromatic nitrogens is 2. The molecule has 3 rings (SSSR count). The highest BCUT2D eigenvalue weighted by Gasteiger charge is 2.17. The molecular weight excluding hydrogens is 280 g/mol. The van der Waals surface area contributed by atoms with Crippen molar-refractivity contribution in [3.05, 3.63) is 47.6 Å². The molecule has 3 aromatic rings. The number of anilines is 2. The minimum atomic E-state index is 0.322. The molecule has 0 bridgehead atoms. The first-order valence-corrected chi connectivity index (χ1v) is 7.83. The number of nitrogens with zero attached hydrogens (tertiary/aromatic N) is 3. The Morgan fingerprint density at radius 3 is 2.76 bits per heavy atom. The maximum atomic E-state index is 6.08. The van der Waals surface area contributed by atoms with Crippen molar-refractivity contribution in [2.24, 2.45) is 0 Å². The second-order valence-electron chi connectivity index (χ2n) is 5.26. The van der Waals surface area contributed by atoms with Crippen LogP contribution < -0.4 is 10.6 Å². The summed E-state index contributed by atoms with van der Waals surface area (Å²) >= 11 is 1.64. The van der Waals surface area contributed by atoms with Crippen molar-refractivity contribution in [2.45, 2.75) is 26.4 Å². The normalized spacial score (nSPS) is 11.2. The van der Waals surface area contributed by atoms with Crippen molar-refractivity contribution in [3.63, 3.8) is 0 Å². The van der Waals surface area contributed by atoms with E-state index in [-0.39, 0.29) is 0 Å². The summed E-state index contributed by atoms with van der Waals surface area (Å²) in [5, 5.41) is 3.16. The van der Waals surface area contributed by atoms with Gasteiger partial charge in [-0.15, -0.1) is 11.3 Å². The molecule has 2 N–H and O–H groups in total. The van der Waals surface area contributed by atoms with Gasteiger partial charge < -0.3 is 10.6 Å². The van der Waals surface area contributed by atoms with E-state index in [1.54, 1.807) is 17.7 Å². The van der Waals surface area contributed by atoms with E-state index in [4.69, 9.17) is 5.73 Å². The minimum absolute atomic E-state index is 0.322. The van der Waals surface area contributed by atoms with Gasteiger partial charge in [0.25, 0.3) is 0 Å². The number of para-hydroxylation sites is 1. The fraction of sp³-hybridized carbons (Fsp3) is 0.250. The standard InChI is InChI=1S/C16H18N4S/c1-11(2)20(9-12-5-3-4-6-14(12)17)15-13-7-8-21-16(13)19-10-18-15/h3-8,10-11H,9,17H2,1-2H3. The molecular formula is C16H18N4S. The Kier molecular flexibility index (Phi) is 3.75. The lowest BCUT2D eigenvalue weighted by molar-refractivity contribution is 0.675. The van der Waals surface area contributed by atoms with Crippen LogP contribution in [0.2, 0.25) is 0 Å². The van der Waals surface area contributed by atoms with Gasteiger partial charge in [-0.3, -0.25) is 0 Å². The number of hydrogen-bond donors (Lipinski definition) is 1. The summed E-state index contributed by atoms with van der Waals surface area (Å²) in [6.45, 7) is 5.07. The number of fused-ring (bicyclic) bond motifs is 1. The van der Waals surface area contributed by atoms with Crippen molar-refractivity contribution in [1.29, 1.82) is 0 Å². The smallest absolute Gasteiger partial charge is 0.141 e. The Morgan fingerprint density at radius 1 is 1.19 bits per heavy atom. The fourth-order valence-electron chi connectivity index (χ4n) is 2.37. The van der Waals surface area contributed by atoms with Crippen LogP contribution >= 0.6 is 11.3 Å². The molecule has 1 aromatic carbocycles. The molecule has 0 spiro atoms. The predicted molar refractivity (Wildman–Crippen MR) is 89.6 cm³/mol. The van der Waals surface area contributed by atoms with Crippen LogP contribution in [0.5, 0.6) is 0 Å². The van der Waals surface area contributed by atoms with Crippen LogP contribution in [0.15, 0.2) is 42.0 Å². The molecule has 0 aliphatic rings. The van der Waals surface area contributed by atoms with E-state index in [0.717, 1.165) is 33.8 Å². The van der Waals surface area contributed by atoms with E-state index in [2.05, 4.69) is 46.2 Å². The van der Waals surface area contributed by atoms with Gasteiger partial charge >= 0.3 is 0 Å². The zero-order valence-corrected chi connectivity index (χ0v) is 13.0. The topological polar surface area (TPSA) is 55.0 Å². The summed E-state index contributed by atoms with van der Waals surface area (Å²) in [5.74, 6) is 0.972. The van der Waals surface area contributed by atoms with E-state index >= 15 is 0 Å². The first kappa shape index (κ1) is 13.8. The van der Waals surface area contributed by atoms with Crippen LogP contribution in [-0.4, -0.2) is 16.0 Å². The average Bonchev–Trinajstić information content (AvgIpc) is 2.94. The molecule has 0 atom stereocenters. The van der Waals surface area contributed by atoms with Crippen LogP contribution in [0.4, 0.5) is 11.5 Å². The molecule has 2 heterocycles. The molecule has 0 saturated heterocycles. The van der Waals surface area contributed by atoms with Crippen LogP contribution in [0.25, 0.3) is 10.2 Å². The highest BCUT2D eigenvalue weighted by Crippen LogP contribution is 2.29. The molecule has 0 fully saturated rings. The molecule has 0 saturated carbocycles. The van der Waals surface area contributed by atoms with Crippen molar-refractivity contribution < 1.29 is 0 Å². The van der Waals surface area contributed by atoms with E-state index in [9.17, 15) is 0 Å². The second-order valence-corrected chi connectivity index (χ2v) is 6.15. The van der Waals surface area contributed by atoms with Crippen molar-refractivity contribution in [2.75, 3.05) is 10.6 Å². The van der Waals surface area contributed by atoms with Gasteiger partial charge in [0.1, 0.15) is 17.0 Å². The van der Waals surface area contributed by atoms with Gasteiger partial charge in [-0.05, 0) is 36.9 Å². The Morgan fingerprint density at radius 2 is 2.00 bits per heavy atom. The third-order valence-electron chi connectivity index (χ3n) is 3.53. The number of rotatable bonds is 4. The zero-order valence-electron chi connectivity index (χ0n) is 12.2. The maximum Gasteiger partial charge on any atom is 0.141 e. The molecule has 0 unspecified atom stereocenters. The van der Waals surface area contributed by atoms with Gasteiger partial charge in [-0.25, -0.2) is 9.97 Å². The predicted octanol–water partition coefficient (Wildman–Crippen LogP) is 3.69. The number of hydrogen-bond acceptors (Lipinski definition) is 5. The minimum Gasteiger partial charge on any atom is -0.398 e. The monoisotopic (exact) mass is 298 g/mol. The van der Waals surface area contributed by atoms with Crippen LogP contribution in [-0.2, 0) is 6.54 Å². The van der Waals surface area contributed by atoms with E-state index < -0.39 is 0 Å². The molecule has 21 heavy (non-hydrogen) atoms. The van der Waals surface area contributed by atoms with E-state index in [1.165, 1.54) is 0 Å². The average molecular weight is 298 g/mol. The van der Waals surface area contributed by atoms with Gasteiger partial charge in [-0.2, -0.15) is 0 Å². The van der Waals surface area contributed by atoms with E-state index in [0.29, 0.717) is 6.04 Å². The first-order valence-electron chi connectivity index (χ1n) is 6.95. The lowest BCUT2D eigenvalue weighted by atomic mass is 10.1. The van der Waals surface area contributed by atoms with Crippen molar-refractivity contribution in [3.8, 4) is 0 Å².